The smallest absolute Gasteiger partial charge is 0.338 e. The summed E-state index contributed by atoms with van der Waals surface area (Å²) in [5.41, 5.74) is 0.0564. The maximum Gasteiger partial charge on any atom is 0.338 e. The van der Waals surface area contributed by atoms with E-state index < -0.39 is 17.5 Å². The lowest BCUT2D eigenvalue weighted by Crippen LogP contribution is -2.10. The van der Waals surface area contributed by atoms with Crippen LogP contribution >= 0.6 is 23.2 Å². The molecule has 4 nitrogen and oxygen atoms in total. The molecule has 0 spiro atoms. The molecule has 0 aromatic heterocycles. The highest BCUT2D eigenvalue weighted by Gasteiger charge is 2.24. The molecule has 0 saturated heterocycles. The molecule has 0 amide bonds. The molecule has 0 aliphatic carbocycles. The summed E-state index contributed by atoms with van der Waals surface area (Å²) < 4.78 is 0. The van der Waals surface area contributed by atoms with Crippen LogP contribution in [0.25, 0.3) is 11.1 Å². The molecule has 0 radical (unpaired) electrons. The Balaban J connectivity index is 2.77. The standard InChI is InChI=1S/C14H8Cl2O4/c15-8-3-1-7(2-4-8)9-5-6-10(16)12(14(19)20)11(9)13(17)18/h1-6H,(H,17,18)(H,19,20). The average Bonchev–Trinajstić information content (AvgIpc) is 2.39. The van der Waals surface area contributed by atoms with Crippen molar-refractivity contribution >= 4 is 35.1 Å². The second-order valence-corrected chi connectivity index (χ2v) is 4.81. The van der Waals surface area contributed by atoms with Gasteiger partial charge >= 0.3 is 11.9 Å². The number of hydrogen-bond donors (Lipinski definition) is 2. The minimum Gasteiger partial charge on any atom is -0.478 e. The van der Waals surface area contributed by atoms with Gasteiger partial charge in [0.25, 0.3) is 0 Å². The second-order valence-electron chi connectivity index (χ2n) is 3.96. The summed E-state index contributed by atoms with van der Waals surface area (Å²) in [7, 11) is 0. The monoisotopic (exact) mass is 310 g/mol. The number of carboxylic acids is 2. The highest BCUT2D eigenvalue weighted by molar-refractivity contribution is 6.34. The van der Waals surface area contributed by atoms with Crippen LogP contribution in [0.1, 0.15) is 20.7 Å². The Labute approximate surface area is 124 Å². The molecule has 102 valence electrons. The first-order valence-corrected chi connectivity index (χ1v) is 6.22. The quantitative estimate of drug-likeness (QED) is 0.896. The molecule has 2 aromatic carbocycles. The molecule has 2 N–H and O–H groups in total. The summed E-state index contributed by atoms with van der Waals surface area (Å²) in [6, 6.07) is 9.26. The van der Waals surface area contributed by atoms with Crippen LogP contribution in [0, 0.1) is 0 Å². The fraction of sp³-hybridized carbons (Fsp3) is 0. The van der Waals surface area contributed by atoms with Crippen LogP contribution in [-0.4, -0.2) is 22.2 Å². The molecule has 20 heavy (non-hydrogen) atoms. The summed E-state index contributed by atoms with van der Waals surface area (Å²) >= 11 is 11.6. The fourth-order valence-corrected chi connectivity index (χ4v) is 2.24. The SMILES string of the molecule is O=C(O)c1c(Cl)ccc(-c2ccc(Cl)cc2)c1C(=O)O. The van der Waals surface area contributed by atoms with E-state index in [0.717, 1.165) is 0 Å². The van der Waals surface area contributed by atoms with Gasteiger partial charge in [-0.1, -0.05) is 41.4 Å². The zero-order chi connectivity index (χ0) is 14.9. The molecule has 0 fully saturated rings. The van der Waals surface area contributed by atoms with Crippen LogP contribution in [0.15, 0.2) is 36.4 Å². The Bertz CT molecular complexity index is 693. The summed E-state index contributed by atoms with van der Waals surface area (Å²) in [5, 5.41) is 18.8. The summed E-state index contributed by atoms with van der Waals surface area (Å²) in [6.45, 7) is 0. The van der Waals surface area contributed by atoms with Crippen molar-refractivity contribution in [2.24, 2.45) is 0 Å². The second kappa shape index (κ2) is 5.53. The fourth-order valence-electron chi connectivity index (χ4n) is 1.88. The minimum atomic E-state index is -1.39. The van der Waals surface area contributed by atoms with E-state index in [4.69, 9.17) is 28.3 Å². The van der Waals surface area contributed by atoms with Gasteiger partial charge < -0.3 is 10.2 Å². The first-order valence-electron chi connectivity index (χ1n) is 5.47. The average molecular weight is 311 g/mol. The number of carbonyl (C=O) groups is 2. The molecule has 2 rings (SSSR count). The van der Waals surface area contributed by atoms with Gasteiger partial charge in [0, 0.05) is 5.02 Å². The van der Waals surface area contributed by atoms with Crippen LogP contribution in [-0.2, 0) is 0 Å². The van der Waals surface area contributed by atoms with Crippen LogP contribution in [0.4, 0.5) is 0 Å². The van der Waals surface area contributed by atoms with Crippen molar-refractivity contribution in [2.75, 3.05) is 0 Å². The number of carboxylic acid groups (broad SMARTS) is 2. The molecule has 0 aliphatic heterocycles. The third kappa shape index (κ3) is 2.61. The first-order chi connectivity index (χ1) is 9.41. The van der Waals surface area contributed by atoms with E-state index in [1.54, 1.807) is 24.3 Å². The van der Waals surface area contributed by atoms with E-state index >= 15 is 0 Å². The van der Waals surface area contributed by atoms with Crippen molar-refractivity contribution in [1.82, 2.24) is 0 Å². The van der Waals surface area contributed by atoms with Crippen LogP contribution in [0.5, 0.6) is 0 Å². The van der Waals surface area contributed by atoms with Crippen molar-refractivity contribution in [3.8, 4) is 11.1 Å². The van der Waals surface area contributed by atoms with E-state index in [9.17, 15) is 14.7 Å². The normalized spacial score (nSPS) is 10.3. The molecule has 2 aromatic rings. The van der Waals surface area contributed by atoms with Crippen molar-refractivity contribution in [1.29, 1.82) is 0 Å². The lowest BCUT2D eigenvalue weighted by atomic mass is 9.95. The lowest BCUT2D eigenvalue weighted by molar-refractivity contribution is 0.0652. The Morgan fingerprint density at radius 3 is 1.85 bits per heavy atom. The van der Waals surface area contributed by atoms with Gasteiger partial charge in [-0.15, -0.1) is 0 Å². The number of rotatable bonds is 3. The molecular weight excluding hydrogens is 303 g/mol. The van der Waals surface area contributed by atoms with Crippen LogP contribution in [0.2, 0.25) is 10.0 Å². The van der Waals surface area contributed by atoms with E-state index in [-0.39, 0.29) is 16.1 Å². The highest BCUT2D eigenvalue weighted by Crippen LogP contribution is 2.31. The van der Waals surface area contributed by atoms with Crippen molar-refractivity contribution in [2.45, 2.75) is 0 Å². The number of aromatic carboxylic acids is 2. The zero-order valence-electron chi connectivity index (χ0n) is 9.93. The van der Waals surface area contributed by atoms with Gasteiger partial charge in [0.15, 0.2) is 0 Å². The molecule has 0 saturated carbocycles. The molecule has 0 aliphatic rings. The summed E-state index contributed by atoms with van der Waals surface area (Å²) in [4.78, 5) is 22.6. The Morgan fingerprint density at radius 2 is 1.35 bits per heavy atom. The molecule has 0 heterocycles. The molecule has 6 heteroatoms. The molecule has 0 bridgehead atoms. The Morgan fingerprint density at radius 1 is 0.800 bits per heavy atom. The van der Waals surface area contributed by atoms with Crippen molar-refractivity contribution in [3.63, 3.8) is 0 Å². The van der Waals surface area contributed by atoms with Gasteiger partial charge in [-0.2, -0.15) is 0 Å². The van der Waals surface area contributed by atoms with E-state index in [1.165, 1.54) is 12.1 Å². The predicted octanol–water partition coefficient (Wildman–Crippen LogP) is 4.06. The number of hydrogen-bond acceptors (Lipinski definition) is 2. The van der Waals surface area contributed by atoms with Crippen molar-refractivity contribution in [3.05, 3.63) is 57.6 Å². The minimum absolute atomic E-state index is 0.118. The maximum absolute atomic E-state index is 11.4. The predicted molar refractivity (Wildman–Crippen MR) is 75.8 cm³/mol. The van der Waals surface area contributed by atoms with Gasteiger partial charge in [-0.25, -0.2) is 9.59 Å². The summed E-state index contributed by atoms with van der Waals surface area (Å²) in [6.07, 6.45) is 0. The lowest BCUT2D eigenvalue weighted by Gasteiger charge is -2.11. The van der Waals surface area contributed by atoms with Crippen LogP contribution in [0.3, 0.4) is 0 Å². The molecule has 0 atom stereocenters. The van der Waals surface area contributed by atoms with Crippen molar-refractivity contribution < 1.29 is 19.8 Å². The topological polar surface area (TPSA) is 74.6 Å². The van der Waals surface area contributed by atoms with Gasteiger partial charge in [-0.05, 0) is 29.3 Å². The van der Waals surface area contributed by atoms with Gasteiger partial charge in [0.05, 0.1) is 16.1 Å². The summed E-state index contributed by atoms with van der Waals surface area (Å²) in [5.74, 6) is -2.74. The van der Waals surface area contributed by atoms with Gasteiger partial charge in [-0.3, -0.25) is 0 Å². The number of halogens is 2. The maximum atomic E-state index is 11.4. The third-order valence-electron chi connectivity index (χ3n) is 2.74. The van der Waals surface area contributed by atoms with E-state index in [2.05, 4.69) is 0 Å². The molecule has 0 unspecified atom stereocenters. The Kier molecular flexibility index (Phi) is 3.97. The van der Waals surface area contributed by atoms with Gasteiger partial charge in [0.2, 0.25) is 0 Å². The third-order valence-corrected chi connectivity index (χ3v) is 3.30. The first kappa shape index (κ1) is 14.4. The number of benzene rings is 2. The zero-order valence-corrected chi connectivity index (χ0v) is 11.4. The van der Waals surface area contributed by atoms with E-state index in [0.29, 0.717) is 10.6 Å². The largest absolute Gasteiger partial charge is 0.478 e. The molecular formula is C14H8Cl2O4. The highest BCUT2D eigenvalue weighted by atomic mass is 35.5. The Hall–Kier alpha value is -2.04. The van der Waals surface area contributed by atoms with Gasteiger partial charge in [0.1, 0.15) is 0 Å². The van der Waals surface area contributed by atoms with E-state index in [1.807, 2.05) is 0 Å². The van der Waals surface area contributed by atoms with Crippen LogP contribution < -0.4 is 0 Å².